The first kappa shape index (κ1) is 63.0. The molecular formula is C55H103N2O7P. The van der Waals surface area contributed by atoms with Gasteiger partial charge in [-0.1, -0.05) is 224 Å². The molecule has 0 aliphatic heterocycles. The normalized spacial score (nSPS) is 14.3. The van der Waals surface area contributed by atoms with Crippen LogP contribution in [0.3, 0.4) is 0 Å². The maximum atomic E-state index is 13.4. The van der Waals surface area contributed by atoms with Crippen LogP contribution >= 0.6 is 7.82 Å². The van der Waals surface area contributed by atoms with Gasteiger partial charge in [-0.15, -0.1) is 0 Å². The molecule has 0 rings (SSSR count). The number of phosphoric acid groups is 1. The van der Waals surface area contributed by atoms with Gasteiger partial charge in [-0.25, -0.2) is 0 Å². The second kappa shape index (κ2) is 45.7. The zero-order valence-corrected chi connectivity index (χ0v) is 44.1. The molecule has 0 aliphatic rings. The summed E-state index contributed by atoms with van der Waals surface area (Å²) in [6.07, 6.45) is 53.5. The Labute approximate surface area is 401 Å². The second-order valence-corrected chi connectivity index (χ2v) is 20.8. The number of rotatable bonds is 48. The van der Waals surface area contributed by atoms with Crippen molar-refractivity contribution in [2.45, 2.75) is 251 Å². The molecule has 0 radical (unpaired) electrons. The summed E-state index contributed by atoms with van der Waals surface area (Å²) >= 11 is 0. The van der Waals surface area contributed by atoms with Gasteiger partial charge < -0.3 is 28.5 Å². The number of nitrogens with one attached hydrogen (secondary N) is 1. The van der Waals surface area contributed by atoms with Gasteiger partial charge in [0, 0.05) is 12.8 Å². The van der Waals surface area contributed by atoms with Crippen LogP contribution in [-0.4, -0.2) is 69.4 Å². The Kier molecular flexibility index (Phi) is 44.3. The van der Waals surface area contributed by atoms with Gasteiger partial charge in [0.2, 0.25) is 5.91 Å². The molecule has 0 spiro atoms. The molecule has 0 aliphatic carbocycles. The number of phosphoric ester groups is 1. The molecular weight excluding hydrogens is 832 g/mol. The lowest BCUT2D eigenvalue weighted by Gasteiger charge is -2.30. The Morgan fingerprint density at radius 3 is 1.46 bits per heavy atom. The van der Waals surface area contributed by atoms with Gasteiger partial charge >= 0.3 is 5.97 Å². The minimum absolute atomic E-state index is 0.0238. The molecule has 0 bridgehead atoms. The fraction of sp³-hybridized carbons (Fsp3) is 0.818. The van der Waals surface area contributed by atoms with Crippen LogP contribution in [0.4, 0.5) is 0 Å². The number of esters is 1. The van der Waals surface area contributed by atoms with Crippen LogP contribution in [-0.2, 0) is 27.9 Å². The molecule has 0 fully saturated rings. The SMILES string of the molecule is CC/C=C/C=C/C=C/CCCCCCCCCC(=O)OC(/C=C/CCCCCCCCCCCCC)C(COP(=O)([O-])OCC[N+](C)(C)C)NC(=O)CCCCCCCCCCCCC. The highest BCUT2D eigenvalue weighted by atomic mass is 31.2. The third-order valence-electron chi connectivity index (χ3n) is 11.8. The van der Waals surface area contributed by atoms with E-state index < -0.39 is 26.6 Å². The molecule has 9 nitrogen and oxygen atoms in total. The van der Waals surface area contributed by atoms with Gasteiger partial charge in [-0.05, 0) is 51.0 Å². The molecule has 3 unspecified atom stereocenters. The van der Waals surface area contributed by atoms with Gasteiger partial charge in [0.15, 0.2) is 0 Å². The molecule has 10 heteroatoms. The molecule has 65 heavy (non-hydrogen) atoms. The number of unbranched alkanes of at least 4 members (excludes halogenated alkanes) is 28. The molecule has 0 saturated carbocycles. The fourth-order valence-corrected chi connectivity index (χ4v) is 8.36. The number of hydrogen-bond donors (Lipinski definition) is 1. The zero-order valence-electron chi connectivity index (χ0n) is 43.2. The highest BCUT2D eigenvalue weighted by Gasteiger charge is 2.27. The molecule has 1 N–H and O–H groups in total. The van der Waals surface area contributed by atoms with E-state index in [-0.39, 0.29) is 24.9 Å². The smallest absolute Gasteiger partial charge is 0.306 e. The second-order valence-electron chi connectivity index (χ2n) is 19.4. The lowest BCUT2D eigenvalue weighted by atomic mass is 10.0. The average Bonchev–Trinajstić information content (AvgIpc) is 3.26. The zero-order chi connectivity index (χ0) is 48.0. The van der Waals surface area contributed by atoms with Crippen molar-refractivity contribution in [3.8, 4) is 0 Å². The highest BCUT2D eigenvalue weighted by Crippen LogP contribution is 2.38. The van der Waals surface area contributed by atoms with Gasteiger partial charge in [0.25, 0.3) is 7.82 Å². The summed E-state index contributed by atoms with van der Waals surface area (Å²) in [5.74, 6) is -0.553. The number of likely N-dealkylation sites (N-methyl/N-ethyl adjacent to an activating group) is 1. The number of hydrogen-bond acceptors (Lipinski definition) is 7. The average molecular weight is 935 g/mol. The van der Waals surface area contributed by atoms with Crippen LogP contribution in [0.1, 0.15) is 239 Å². The van der Waals surface area contributed by atoms with Gasteiger partial charge in [0.1, 0.15) is 19.3 Å². The summed E-state index contributed by atoms with van der Waals surface area (Å²) in [5.41, 5.74) is 0. The number of ether oxygens (including phenoxy) is 1. The number of carbonyl (C=O) groups is 2. The summed E-state index contributed by atoms with van der Waals surface area (Å²) in [6, 6.07) is -0.888. The van der Waals surface area contributed by atoms with Crippen molar-refractivity contribution in [1.29, 1.82) is 0 Å². The Morgan fingerprint density at radius 1 is 0.554 bits per heavy atom. The predicted molar refractivity (Wildman–Crippen MR) is 275 cm³/mol. The van der Waals surface area contributed by atoms with Crippen LogP contribution in [0.2, 0.25) is 0 Å². The number of allylic oxidation sites excluding steroid dienone is 7. The standard InChI is InChI=1S/C55H103N2O7P/c1-7-10-13-16-19-22-25-27-28-30-33-36-39-42-45-48-55(59)64-53(46-43-40-37-34-32-29-26-23-20-17-14-11-8-2)52(51-63-65(60,61)62-50-49-57(4,5)6)56-54(58)47-44-41-38-35-31-24-21-18-15-12-9-3/h10,13,16,19,22,25,43,46,52-53H,7-9,11-12,14-15,17-18,20-21,23-24,26-42,44-45,47-51H2,1-6H3,(H-,56,58,60,61)/b13-10+,19-16+,25-22+,46-43+. The monoisotopic (exact) mass is 935 g/mol. The summed E-state index contributed by atoms with van der Waals surface area (Å²) in [5, 5.41) is 3.01. The van der Waals surface area contributed by atoms with E-state index in [1.54, 1.807) is 0 Å². The minimum atomic E-state index is -4.69. The molecule has 0 aromatic heterocycles. The lowest BCUT2D eigenvalue weighted by Crippen LogP contribution is -2.47. The van der Waals surface area contributed by atoms with Gasteiger partial charge in [0.05, 0.1) is 33.8 Å². The van der Waals surface area contributed by atoms with Crippen molar-refractivity contribution in [3.05, 3.63) is 48.6 Å². The fourth-order valence-electron chi connectivity index (χ4n) is 7.64. The lowest BCUT2D eigenvalue weighted by molar-refractivity contribution is -0.870. The number of amides is 1. The first-order valence-electron chi connectivity index (χ1n) is 27.0. The third-order valence-corrected chi connectivity index (χ3v) is 12.8. The van der Waals surface area contributed by atoms with E-state index in [0.29, 0.717) is 17.4 Å². The Hall–Kier alpha value is -2.03. The summed E-state index contributed by atoms with van der Waals surface area (Å²) < 4.78 is 30.1. The van der Waals surface area contributed by atoms with Crippen molar-refractivity contribution >= 4 is 19.7 Å². The van der Waals surface area contributed by atoms with E-state index in [0.717, 1.165) is 77.0 Å². The topological polar surface area (TPSA) is 114 Å². The van der Waals surface area contributed by atoms with E-state index >= 15 is 0 Å². The van der Waals surface area contributed by atoms with Crippen LogP contribution in [0.25, 0.3) is 0 Å². The van der Waals surface area contributed by atoms with Crippen molar-refractivity contribution in [2.75, 3.05) is 40.9 Å². The van der Waals surface area contributed by atoms with E-state index in [9.17, 15) is 19.0 Å². The van der Waals surface area contributed by atoms with E-state index in [1.165, 1.54) is 128 Å². The van der Waals surface area contributed by atoms with Gasteiger partial charge in [-0.2, -0.15) is 0 Å². The first-order valence-corrected chi connectivity index (χ1v) is 28.4. The highest BCUT2D eigenvalue weighted by molar-refractivity contribution is 7.45. The number of nitrogens with zero attached hydrogens (tertiary/aromatic N) is 1. The third kappa shape index (κ3) is 46.9. The molecule has 0 saturated heterocycles. The summed E-state index contributed by atoms with van der Waals surface area (Å²) in [4.78, 5) is 39.7. The Morgan fingerprint density at radius 2 is 0.985 bits per heavy atom. The molecule has 380 valence electrons. The molecule has 0 heterocycles. The summed E-state index contributed by atoms with van der Waals surface area (Å²) in [7, 11) is 1.18. The van der Waals surface area contributed by atoms with E-state index in [4.69, 9.17) is 13.8 Å². The largest absolute Gasteiger partial charge is 0.756 e. The van der Waals surface area contributed by atoms with Crippen molar-refractivity contribution in [2.24, 2.45) is 0 Å². The van der Waals surface area contributed by atoms with Crippen LogP contribution in [0, 0.1) is 0 Å². The molecule has 1 amide bonds. The summed E-state index contributed by atoms with van der Waals surface area (Å²) in [6.45, 7) is 6.69. The number of quaternary nitrogens is 1. The van der Waals surface area contributed by atoms with E-state index in [2.05, 4.69) is 62.5 Å². The maximum Gasteiger partial charge on any atom is 0.306 e. The quantitative estimate of drug-likeness (QED) is 0.0161. The van der Waals surface area contributed by atoms with Crippen LogP contribution in [0.15, 0.2) is 48.6 Å². The van der Waals surface area contributed by atoms with Crippen LogP contribution < -0.4 is 10.2 Å². The molecule has 0 aromatic carbocycles. The Balaban J connectivity index is 5.42. The maximum absolute atomic E-state index is 13.4. The minimum Gasteiger partial charge on any atom is -0.756 e. The Bertz CT molecular complexity index is 1260. The van der Waals surface area contributed by atoms with Crippen molar-refractivity contribution < 1.29 is 37.3 Å². The van der Waals surface area contributed by atoms with Gasteiger partial charge in [-0.3, -0.25) is 14.2 Å². The van der Waals surface area contributed by atoms with E-state index in [1.807, 2.05) is 33.3 Å². The van der Waals surface area contributed by atoms with Crippen LogP contribution in [0.5, 0.6) is 0 Å². The molecule has 0 aromatic rings. The van der Waals surface area contributed by atoms with Crippen molar-refractivity contribution in [3.63, 3.8) is 0 Å². The number of carbonyl (C=O) groups excluding carboxylic acids is 2. The molecule has 3 atom stereocenters. The van der Waals surface area contributed by atoms with Crippen molar-refractivity contribution in [1.82, 2.24) is 5.32 Å². The first-order chi connectivity index (χ1) is 31.4. The predicted octanol–water partition coefficient (Wildman–Crippen LogP) is 15.1.